The van der Waals surface area contributed by atoms with Gasteiger partial charge in [0, 0.05) is 30.6 Å². The van der Waals surface area contributed by atoms with E-state index in [4.69, 9.17) is 11.6 Å². The molecule has 8 nitrogen and oxygen atoms in total. The molecule has 0 spiro atoms. The van der Waals surface area contributed by atoms with Crippen molar-refractivity contribution in [2.24, 2.45) is 5.92 Å². The fourth-order valence-electron chi connectivity index (χ4n) is 4.15. The van der Waals surface area contributed by atoms with Crippen molar-refractivity contribution in [3.63, 3.8) is 0 Å². The zero-order chi connectivity index (χ0) is 24.5. The van der Waals surface area contributed by atoms with Gasteiger partial charge in [0.2, 0.25) is 5.91 Å². The van der Waals surface area contributed by atoms with Crippen molar-refractivity contribution in [2.75, 3.05) is 38.6 Å². The highest BCUT2D eigenvalue weighted by atomic mass is 35.5. The first-order chi connectivity index (χ1) is 16.1. The zero-order valence-electron chi connectivity index (χ0n) is 18.8. The smallest absolute Gasteiger partial charge is 0.355 e. The molecule has 2 aromatic heterocycles. The standard InChI is InChI=1S/C22H25ClF3N7O/c1-31(2)17(15-5-3-4-6-16(15)23)13-27-20(34)14-9-11-32(12-10-14)19-8-7-18-28-29-21(22(24,25)26)33(18)30-19/h3-8,14,17H,9-13H2,1-2H3,(H,27,34)/t17-/m1/s1. The Morgan fingerprint density at radius 2 is 1.88 bits per heavy atom. The van der Waals surface area contributed by atoms with E-state index >= 15 is 0 Å². The molecular weight excluding hydrogens is 471 g/mol. The average Bonchev–Trinajstić information content (AvgIpc) is 3.24. The van der Waals surface area contributed by atoms with E-state index in [9.17, 15) is 18.0 Å². The Bertz CT molecular complexity index is 1160. The van der Waals surface area contributed by atoms with E-state index in [0.29, 0.717) is 47.8 Å². The fraction of sp³-hybridized carbons (Fsp3) is 0.455. The second-order valence-electron chi connectivity index (χ2n) is 8.49. The summed E-state index contributed by atoms with van der Waals surface area (Å²) in [5.41, 5.74) is 0.970. The van der Waals surface area contributed by atoms with Crippen LogP contribution in [0.1, 0.15) is 30.3 Å². The predicted octanol–water partition coefficient (Wildman–Crippen LogP) is 3.43. The minimum atomic E-state index is -4.65. The molecule has 1 amide bonds. The molecule has 1 aromatic carbocycles. The highest BCUT2D eigenvalue weighted by molar-refractivity contribution is 6.31. The monoisotopic (exact) mass is 495 g/mol. The fourth-order valence-corrected chi connectivity index (χ4v) is 4.41. The first-order valence-electron chi connectivity index (χ1n) is 10.9. The van der Waals surface area contributed by atoms with Crippen LogP contribution in [0.15, 0.2) is 36.4 Å². The van der Waals surface area contributed by atoms with Crippen LogP contribution in [0.3, 0.4) is 0 Å². The van der Waals surface area contributed by atoms with Gasteiger partial charge in [0.25, 0.3) is 5.82 Å². The third-order valence-corrected chi connectivity index (χ3v) is 6.39. The van der Waals surface area contributed by atoms with Crippen LogP contribution in [0.25, 0.3) is 5.65 Å². The summed E-state index contributed by atoms with van der Waals surface area (Å²) in [6.07, 6.45) is -3.51. The first-order valence-corrected chi connectivity index (χ1v) is 11.3. The van der Waals surface area contributed by atoms with E-state index in [1.807, 2.05) is 48.2 Å². The summed E-state index contributed by atoms with van der Waals surface area (Å²) in [5, 5.41) is 14.5. The lowest BCUT2D eigenvalue weighted by Gasteiger charge is -2.32. The molecule has 182 valence electrons. The van der Waals surface area contributed by atoms with Crippen LogP contribution in [0.4, 0.5) is 19.0 Å². The molecule has 0 bridgehead atoms. The van der Waals surface area contributed by atoms with Gasteiger partial charge >= 0.3 is 6.18 Å². The summed E-state index contributed by atoms with van der Waals surface area (Å²) >= 11 is 6.34. The second-order valence-corrected chi connectivity index (χ2v) is 8.90. The topological polar surface area (TPSA) is 78.7 Å². The maximum atomic E-state index is 13.1. The maximum Gasteiger partial charge on any atom is 0.453 e. The van der Waals surface area contributed by atoms with Gasteiger partial charge in [0.15, 0.2) is 5.65 Å². The third-order valence-electron chi connectivity index (χ3n) is 6.05. The highest BCUT2D eigenvalue weighted by Crippen LogP contribution is 2.29. The maximum absolute atomic E-state index is 13.1. The van der Waals surface area contributed by atoms with Crippen LogP contribution in [-0.2, 0) is 11.0 Å². The number of alkyl halides is 3. The summed E-state index contributed by atoms with van der Waals surface area (Å²) < 4.78 is 40.1. The summed E-state index contributed by atoms with van der Waals surface area (Å²) in [5.74, 6) is -0.995. The number of benzene rings is 1. The van der Waals surface area contributed by atoms with Crippen LogP contribution in [0, 0.1) is 5.92 Å². The predicted molar refractivity (Wildman–Crippen MR) is 122 cm³/mol. The molecule has 0 saturated carbocycles. The number of likely N-dealkylation sites (N-methyl/N-ethyl adjacent to an activating group) is 1. The van der Waals surface area contributed by atoms with Crippen molar-refractivity contribution in [1.82, 2.24) is 30.0 Å². The van der Waals surface area contributed by atoms with Crippen LogP contribution in [0.2, 0.25) is 5.02 Å². The number of anilines is 1. The zero-order valence-corrected chi connectivity index (χ0v) is 19.5. The van der Waals surface area contributed by atoms with E-state index in [1.54, 1.807) is 6.07 Å². The summed E-state index contributed by atoms with van der Waals surface area (Å²) in [6.45, 7) is 1.42. The number of piperidine rings is 1. The van der Waals surface area contributed by atoms with Gasteiger partial charge < -0.3 is 15.1 Å². The number of aromatic nitrogens is 4. The number of hydrogen-bond donors (Lipinski definition) is 1. The van der Waals surface area contributed by atoms with Crippen molar-refractivity contribution < 1.29 is 18.0 Å². The quantitative estimate of drug-likeness (QED) is 0.564. The average molecular weight is 496 g/mol. The van der Waals surface area contributed by atoms with E-state index < -0.39 is 12.0 Å². The lowest BCUT2D eigenvalue weighted by atomic mass is 9.95. The number of carbonyl (C=O) groups is 1. The largest absolute Gasteiger partial charge is 0.453 e. The highest BCUT2D eigenvalue weighted by Gasteiger charge is 2.38. The van der Waals surface area contributed by atoms with Gasteiger partial charge in [-0.2, -0.15) is 17.7 Å². The molecule has 1 N–H and O–H groups in total. The third kappa shape index (κ3) is 5.10. The van der Waals surface area contributed by atoms with E-state index in [1.165, 1.54) is 6.07 Å². The molecule has 1 saturated heterocycles. The number of carbonyl (C=O) groups excluding carboxylic acids is 1. The van der Waals surface area contributed by atoms with E-state index in [2.05, 4.69) is 20.6 Å². The Balaban J connectivity index is 1.37. The molecule has 1 aliphatic rings. The SMILES string of the molecule is CN(C)[C@H](CNC(=O)C1CCN(c2ccc3nnc(C(F)(F)F)n3n2)CC1)c1ccccc1Cl. The number of amides is 1. The molecule has 4 rings (SSSR count). The van der Waals surface area contributed by atoms with Crippen molar-refractivity contribution >= 4 is 29.0 Å². The van der Waals surface area contributed by atoms with E-state index in [-0.39, 0.29) is 23.5 Å². The number of nitrogens with zero attached hydrogens (tertiary/aromatic N) is 6. The molecular formula is C22H25ClF3N7O. The lowest BCUT2D eigenvalue weighted by Crippen LogP contribution is -2.43. The van der Waals surface area contributed by atoms with Crippen molar-refractivity contribution in [2.45, 2.75) is 25.1 Å². The summed E-state index contributed by atoms with van der Waals surface area (Å²) in [6, 6.07) is 10.6. The van der Waals surface area contributed by atoms with Gasteiger partial charge in [-0.15, -0.1) is 15.3 Å². The molecule has 1 atom stereocenters. The minimum absolute atomic E-state index is 0.0271. The molecule has 0 unspecified atom stereocenters. The van der Waals surface area contributed by atoms with E-state index in [0.717, 1.165) is 5.56 Å². The molecule has 0 radical (unpaired) electrons. The minimum Gasteiger partial charge on any atom is -0.355 e. The molecule has 12 heteroatoms. The van der Waals surface area contributed by atoms with Gasteiger partial charge in [-0.25, -0.2) is 0 Å². The number of fused-ring (bicyclic) bond motifs is 1. The Hall–Kier alpha value is -2.92. The molecule has 34 heavy (non-hydrogen) atoms. The van der Waals surface area contributed by atoms with Crippen molar-refractivity contribution in [3.8, 4) is 0 Å². The normalized spacial score (nSPS) is 16.3. The first kappa shape index (κ1) is 24.2. The van der Waals surface area contributed by atoms with Gasteiger partial charge in [-0.3, -0.25) is 4.79 Å². The lowest BCUT2D eigenvalue weighted by molar-refractivity contribution is -0.146. The Labute approximate surface area is 199 Å². The van der Waals surface area contributed by atoms with Gasteiger partial charge in [0.05, 0.1) is 6.04 Å². The second kappa shape index (κ2) is 9.75. The van der Waals surface area contributed by atoms with Crippen LogP contribution >= 0.6 is 11.6 Å². The van der Waals surface area contributed by atoms with Gasteiger partial charge in [-0.1, -0.05) is 29.8 Å². The Morgan fingerprint density at radius 1 is 1.18 bits per heavy atom. The van der Waals surface area contributed by atoms with Crippen molar-refractivity contribution in [1.29, 1.82) is 0 Å². The van der Waals surface area contributed by atoms with Gasteiger partial charge in [-0.05, 0) is 50.7 Å². The summed E-state index contributed by atoms with van der Waals surface area (Å²) in [7, 11) is 3.87. The van der Waals surface area contributed by atoms with Crippen LogP contribution in [0.5, 0.6) is 0 Å². The van der Waals surface area contributed by atoms with Gasteiger partial charge in [0.1, 0.15) is 5.82 Å². The van der Waals surface area contributed by atoms with Crippen LogP contribution in [-0.4, -0.2) is 64.3 Å². The molecule has 3 aromatic rings. The molecule has 0 aliphatic carbocycles. The number of rotatable bonds is 6. The molecule has 1 aliphatic heterocycles. The number of nitrogens with one attached hydrogen (secondary N) is 1. The Kier molecular flexibility index (Phi) is 6.94. The number of halogens is 4. The number of hydrogen-bond acceptors (Lipinski definition) is 6. The Morgan fingerprint density at radius 3 is 2.53 bits per heavy atom. The van der Waals surface area contributed by atoms with Crippen LogP contribution < -0.4 is 10.2 Å². The van der Waals surface area contributed by atoms with Crippen molar-refractivity contribution in [3.05, 3.63) is 52.8 Å². The summed E-state index contributed by atoms with van der Waals surface area (Å²) in [4.78, 5) is 16.7. The molecule has 1 fully saturated rings. The molecule has 3 heterocycles.